The fourth-order valence-electron chi connectivity index (χ4n) is 2.16. The molecule has 1 saturated heterocycles. The molecule has 0 aliphatic carbocycles. The van der Waals surface area contributed by atoms with Crippen molar-refractivity contribution in [3.63, 3.8) is 0 Å². The maximum Gasteiger partial charge on any atom is 0.260 e. The van der Waals surface area contributed by atoms with Crippen molar-refractivity contribution in [3.8, 4) is 11.5 Å². The van der Waals surface area contributed by atoms with Crippen LogP contribution in [0.2, 0.25) is 0 Å². The van der Waals surface area contributed by atoms with Crippen LogP contribution in [0.1, 0.15) is 18.4 Å². The summed E-state index contributed by atoms with van der Waals surface area (Å²) < 4.78 is 10.7. The van der Waals surface area contributed by atoms with Crippen molar-refractivity contribution >= 4 is 5.91 Å². The van der Waals surface area contributed by atoms with Crippen molar-refractivity contribution in [1.29, 1.82) is 0 Å². The molecule has 5 nitrogen and oxygen atoms in total. The van der Waals surface area contributed by atoms with Gasteiger partial charge in [0.25, 0.3) is 5.91 Å². The van der Waals surface area contributed by atoms with Crippen LogP contribution in [0.3, 0.4) is 0 Å². The van der Waals surface area contributed by atoms with Gasteiger partial charge in [-0.25, -0.2) is 0 Å². The standard InChI is InChI=1S/C14H20N2O3/c1-18-12-5-4-11(9-15)13(8-12)19-10-14(17)16-6-2-3-7-16/h4-5,8H,2-3,6-7,9-10,15H2,1H3. The van der Waals surface area contributed by atoms with Crippen LogP contribution in [0.15, 0.2) is 18.2 Å². The van der Waals surface area contributed by atoms with Gasteiger partial charge in [-0.3, -0.25) is 4.79 Å². The van der Waals surface area contributed by atoms with Gasteiger partial charge < -0.3 is 20.1 Å². The van der Waals surface area contributed by atoms with E-state index in [1.165, 1.54) is 0 Å². The first-order valence-electron chi connectivity index (χ1n) is 6.52. The zero-order chi connectivity index (χ0) is 13.7. The van der Waals surface area contributed by atoms with Crippen LogP contribution in [0.5, 0.6) is 11.5 Å². The topological polar surface area (TPSA) is 64.8 Å². The van der Waals surface area contributed by atoms with Gasteiger partial charge in [-0.2, -0.15) is 0 Å². The molecule has 0 saturated carbocycles. The molecule has 0 radical (unpaired) electrons. The minimum atomic E-state index is 0.0308. The van der Waals surface area contributed by atoms with Crippen molar-refractivity contribution in [2.75, 3.05) is 26.8 Å². The number of hydrogen-bond donors (Lipinski definition) is 1. The van der Waals surface area contributed by atoms with E-state index in [4.69, 9.17) is 15.2 Å². The summed E-state index contributed by atoms with van der Waals surface area (Å²) in [5, 5.41) is 0. The fraction of sp³-hybridized carbons (Fsp3) is 0.500. The summed E-state index contributed by atoms with van der Waals surface area (Å²) in [6.45, 7) is 2.10. The molecule has 19 heavy (non-hydrogen) atoms. The van der Waals surface area contributed by atoms with Crippen LogP contribution in [-0.2, 0) is 11.3 Å². The van der Waals surface area contributed by atoms with Gasteiger partial charge in [0.1, 0.15) is 11.5 Å². The molecule has 1 aliphatic heterocycles. The number of rotatable bonds is 5. The summed E-state index contributed by atoms with van der Waals surface area (Å²) in [6.07, 6.45) is 2.16. The highest BCUT2D eigenvalue weighted by molar-refractivity contribution is 5.78. The minimum Gasteiger partial charge on any atom is -0.497 e. The molecular weight excluding hydrogens is 244 g/mol. The van der Waals surface area contributed by atoms with Crippen LogP contribution in [-0.4, -0.2) is 37.6 Å². The summed E-state index contributed by atoms with van der Waals surface area (Å²) in [4.78, 5) is 13.7. The Morgan fingerprint density at radius 3 is 2.74 bits per heavy atom. The Labute approximate surface area is 113 Å². The lowest BCUT2D eigenvalue weighted by molar-refractivity contribution is -0.132. The second-order valence-corrected chi connectivity index (χ2v) is 4.55. The van der Waals surface area contributed by atoms with E-state index in [2.05, 4.69) is 0 Å². The quantitative estimate of drug-likeness (QED) is 0.866. The highest BCUT2D eigenvalue weighted by Crippen LogP contribution is 2.24. The maximum absolute atomic E-state index is 11.9. The number of amides is 1. The third-order valence-corrected chi connectivity index (χ3v) is 3.30. The van der Waals surface area contributed by atoms with Gasteiger partial charge in [-0.1, -0.05) is 6.07 Å². The van der Waals surface area contributed by atoms with Crippen molar-refractivity contribution in [1.82, 2.24) is 4.90 Å². The Balaban J connectivity index is 1.99. The zero-order valence-corrected chi connectivity index (χ0v) is 11.2. The third-order valence-electron chi connectivity index (χ3n) is 3.30. The first-order valence-corrected chi connectivity index (χ1v) is 6.52. The molecule has 1 aromatic carbocycles. The van der Waals surface area contributed by atoms with Crippen LogP contribution in [0.4, 0.5) is 0 Å². The molecule has 0 bridgehead atoms. The molecule has 1 aliphatic rings. The van der Waals surface area contributed by atoms with E-state index < -0.39 is 0 Å². The molecule has 0 unspecified atom stereocenters. The summed E-state index contributed by atoms with van der Waals surface area (Å²) in [5.74, 6) is 1.35. The van der Waals surface area contributed by atoms with E-state index in [0.717, 1.165) is 31.5 Å². The van der Waals surface area contributed by atoms with Crippen LogP contribution < -0.4 is 15.2 Å². The molecule has 1 fully saturated rings. The van der Waals surface area contributed by atoms with E-state index in [-0.39, 0.29) is 12.5 Å². The van der Waals surface area contributed by atoms with Crippen molar-refractivity contribution < 1.29 is 14.3 Å². The van der Waals surface area contributed by atoms with E-state index in [1.54, 1.807) is 13.2 Å². The number of benzene rings is 1. The fourth-order valence-corrected chi connectivity index (χ4v) is 2.16. The van der Waals surface area contributed by atoms with Gasteiger partial charge in [-0.15, -0.1) is 0 Å². The van der Waals surface area contributed by atoms with Crippen molar-refractivity contribution in [2.24, 2.45) is 5.73 Å². The Hall–Kier alpha value is -1.75. The minimum absolute atomic E-state index is 0.0308. The van der Waals surface area contributed by atoms with Crippen LogP contribution in [0, 0.1) is 0 Å². The SMILES string of the molecule is COc1ccc(CN)c(OCC(=O)N2CCCC2)c1. The number of methoxy groups -OCH3 is 1. The van der Waals surface area contributed by atoms with Gasteiger partial charge in [0.15, 0.2) is 6.61 Å². The third kappa shape index (κ3) is 3.38. The Bertz CT molecular complexity index is 442. The van der Waals surface area contributed by atoms with E-state index in [0.29, 0.717) is 18.0 Å². The lowest BCUT2D eigenvalue weighted by Gasteiger charge is -2.17. The highest BCUT2D eigenvalue weighted by atomic mass is 16.5. The monoisotopic (exact) mass is 264 g/mol. The zero-order valence-electron chi connectivity index (χ0n) is 11.2. The largest absolute Gasteiger partial charge is 0.497 e. The molecule has 104 valence electrons. The predicted molar refractivity (Wildman–Crippen MR) is 72.2 cm³/mol. The molecule has 1 amide bonds. The average molecular weight is 264 g/mol. The average Bonchev–Trinajstić information content (AvgIpc) is 2.98. The summed E-state index contributed by atoms with van der Waals surface area (Å²) in [5.41, 5.74) is 6.52. The number of likely N-dealkylation sites (tertiary alicyclic amines) is 1. The maximum atomic E-state index is 11.9. The van der Waals surface area contributed by atoms with E-state index >= 15 is 0 Å². The van der Waals surface area contributed by atoms with Gasteiger partial charge in [0.05, 0.1) is 7.11 Å². The van der Waals surface area contributed by atoms with Crippen LogP contribution >= 0.6 is 0 Å². The van der Waals surface area contributed by atoms with Crippen LogP contribution in [0.25, 0.3) is 0 Å². The Morgan fingerprint density at radius 1 is 1.37 bits per heavy atom. The van der Waals surface area contributed by atoms with E-state index in [1.807, 2.05) is 17.0 Å². The molecule has 5 heteroatoms. The molecule has 1 heterocycles. The Morgan fingerprint density at radius 2 is 2.11 bits per heavy atom. The second-order valence-electron chi connectivity index (χ2n) is 4.55. The van der Waals surface area contributed by atoms with Gasteiger partial charge >= 0.3 is 0 Å². The van der Waals surface area contributed by atoms with Gasteiger partial charge in [0.2, 0.25) is 0 Å². The van der Waals surface area contributed by atoms with Gasteiger partial charge in [0, 0.05) is 31.3 Å². The molecule has 0 spiro atoms. The molecule has 2 N–H and O–H groups in total. The number of hydrogen-bond acceptors (Lipinski definition) is 4. The van der Waals surface area contributed by atoms with E-state index in [9.17, 15) is 4.79 Å². The summed E-state index contributed by atoms with van der Waals surface area (Å²) >= 11 is 0. The number of nitrogens with two attached hydrogens (primary N) is 1. The first-order chi connectivity index (χ1) is 9.24. The summed E-state index contributed by atoms with van der Waals surface area (Å²) in [7, 11) is 1.59. The molecule has 2 rings (SSSR count). The smallest absolute Gasteiger partial charge is 0.260 e. The van der Waals surface area contributed by atoms with Crippen molar-refractivity contribution in [3.05, 3.63) is 23.8 Å². The molecular formula is C14H20N2O3. The highest BCUT2D eigenvalue weighted by Gasteiger charge is 2.18. The predicted octanol–water partition coefficient (Wildman–Crippen LogP) is 1.16. The number of ether oxygens (including phenoxy) is 2. The molecule has 0 atom stereocenters. The lowest BCUT2D eigenvalue weighted by Crippen LogP contribution is -2.32. The lowest BCUT2D eigenvalue weighted by atomic mass is 10.2. The Kier molecular flexibility index (Phi) is 4.63. The normalized spacial score (nSPS) is 14.5. The molecule has 0 aromatic heterocycles. The second kappa shape index (κ2) is 6.43. The van der Waals surface area contributed by atoms with Crippen molar-refractivity contribution in [2.45, 2.75) is 19.4 Å². The number of nitrogens with zero attached hydrogens (tertiary/aromatic N) is 1. The number of carbonyl (C=O) groups excluding carboxylic acids is 1. The first kappa shape index (κ1) is 13.7. The van der Waals surface area contributed by atoms with Gasteiger partial charge in [-0.05, 0) is 18.9 Å². The number of carbonyl (C=O) groups is 1. The summed E-state index contributed by atoms with van der Waals surface area (Å²) in [6, 6.07) is 5.45. The molecule has 1 aromatic rings.